The minimum Gasteiger partial charge on any atom is -0.386 e. The number of aromatic nitrogens is 3. The Hall–Kier alpha value is -2.59. The lowest BCUT2D eigenvalue weighted by molar-refractivity contribution is -0.896. The molecule has 1 saturated carbocycles. The van der Waals surface area contributed by atoms with Gasteiger partial charge in [-0.25, -0.2) is 4.98 Å². The third-order valence-electron chi connectivity index (χ3n) is 6.70. The molecule has 1 aliphatic carbocycles. The average Bonchev–Trinajstić information content (AvgIpc) is 3.20. The van der Waals surface area contributed by atoms with Gasteiger partial charge >= 0.3 is 6.30 Å². The number of hydrogen-bond acceptors (Lipinski definition) is 5. The molecule has 0 aliphatic heterocycles. The van der Waals surface area contributed by atoms with Gasteiger partial charge in [0.05, 0.1) is 20.8 Å². The Balaban J connectivity index is 1.64. The molecular formula is C25H30F3N4O2S+. The highest BCUT2D eigenvalue weighted by atomic mass is 32.1. The summed E-state index contributed by atoms with van der Waals surface area (Å²) in [7, 11) is 0. The van der Waals surface area contributed by atoms with Crippen molar-refractivity contribution >= 4 is 33.1 Å². The molecule has 4 rings (SSSR count). The number of carbonyl (C=O) groups excluding carboxylic acids is 1. The maximum Gasteiger partial charge on any atom is 0.662 e. The second-order valence-electron chi connectivity index (χ2n) is 10.1. The molecule has 0 unspecified atom stereocenters. The minimum atomic E-state index is -4.74. The molecule has 2 aromatic heterocycles. The minimum absolute atomic E-state index is 0.217. The van der Waals surface area contributed by atoms with Crippen LogP contribution < -0.4 is 10.00 Å². The number of hydrogen-bond donors (Lipinski definition) is 2. The summed E-state index contributed by atoms with van der Waals surface area (Å²) in [4.78, 5) is 17.7. The van der Waals surface area contributed by atoms with Gasteiger partial charge in [0.1, 0.15) is 0 Å². The van der Waals surface area contributed by atoms with Crippen LogP contribution in [0.1, 0.15) is 80.4 Å². The van der Waals surface area contributed by atoms with Gasteiger partial charge in [0.25, 0.3) is 5.91 Å². The molecule has 35 heavy (non-hydrogen) atoms. The lowest BCUT2D eigenvalue weighted by Gasteiger charge is -2.29. The Kier molecular flexibility index (Phi) is 6.89. The molecule has 0 saturated heterocycles. The number of aliphatic hydroxyl groups is 1. The molecule has 2 N–H and O–H groups in total. The predicted octanol–water partition coefficient (Wildman–Crippen LogP) is 5.86. The first-order chi connectivity index (χ1) is 16.3. The molecule has 1 fully saturated rings. The number of rotatable bonds is 5. The van der Waals surface area contributed by atoms with Crippen molar-refractivity contribution < 1.29 is 27.8 Å². The van der Waals surface area contributed by atoms with Crippen LogP contribution >= 0.6 is 11.3 Å². The highest BCUT2D eigenvalue weighted by Crippen LogP contribution is 2.42. The maximum absolute atomic E-state index is 13.0. The highest BCUT2D eigenvalue weighted by Gasteiger charge is 2.44. The molecule has 0 bridgehead atoms. The third kappa shape index (κ3) is 5.64. The first-order valence-electron chi connectivity index (χ1n) is 11.8. The largest absolute Gasteiger partial charge is 0.662 e. The predicted molar refractivity (Wildman–Crippen MR) is 128 cm³/mol. The second-order valence-corrected chi connectivity index (χ2v) is 11.2. The SMILES string of the molecule is CC(C)C1CCC(c2nc3cc(C(C)(C)O)c(NC(=O)c4ccc[n+](C(F)(F)F)n4)cc3s2)CC1. The van der Waals surface area contributed by atoms with Crippen molar-refractivity contribution in [2.45, 2.75) is 71.2 Å². The first kappa shape index (κ1) is 25.5. The fraction of sp³-hybridized carbons (Fsp3) is 0.520. The summed E-state index contributed by atoms with van der Waals surface area (Å²) in [6.07, 6.45) is 0.527. The number of alkyl halides is 3. The van der Waals surface area contributed by atoms with Crippen LogP contribution in [0, 0.1) is 11.8 Å². The monoisotopic (exact) mass is 507 g/mol. The standard InChI is InChI=1S/C25H29F3N4O2S/c1-14(2)15-7-9-16(10-8-15)23-30-20-12-17(24(3,4)34)19(13-21(20)35-23)29-22(33)18-6-5-11-32(31-18)25(26,27)28/h5-6,11-16,34H,7-10H2,1-4H3/p+1. The molecule has 0 atom stereocenters. The van der Waals surface area contributed by atoms with Gasteiger partial charge in [0.2, 0.25) is 6.20 Å². The molecular weight excluding hydrogens is 477 g/mol. The van der Waals surface area contributed by atoms with Gasteiger partial charge < -0.3 is 10.4 Å². The summed E-state index contributed by atoms with van der Waals surface area (Å²) >= 11 is 1.56. The van der Waals surface area contributed by atoms with Crippen LogP contribution in [0.4, 0.5) is 18.9 Å². The van der Waals surface area contributed by atoms with E-state index in [0.29, 0.717) is 23.1 Å². The Morgan fingerprint density at radius 3 is 2.49 bits per heavy atom. The van der Waals surface area contributed by atoms with E-state index in [1.165, 1.54) is 18.9 Å². The number of benzene rings is 1. The smallest absolute Gasteiger partial charge is 0.386 e. The van der Waals surface area contributed by atoms with Gasteiger partial charge in [-0.05, 0) is 69.6 Å². The van der Waals surface area contributed by atoms with E-state index in [9.17, 15) is 23.1 Å². The topological polar surface area (TPSA) is 79.0 Å². The molecule has 6 nitrogen and oxygen atoms in total. The summed E-state index contributed by atoms with van der Waals surface area (Å²) in [6.45, 7) is 7.71. The van der Waals surface area contributed by atoms with Crippen molar-refractivity contribution in [2.75, 3.05) is 5.32 Å². The number of fused-ring (bicyclic) bond motifs is 1. The number of nitrogens with one attached hydrogen (secondary N) is 1. The first-order valence-corrected chi connectivity index (χ1v) is 12.6. The van der Waals surface area contributed by atoms with E-state index in [0.717, 1.165) is 46.2 Å². The van der Waals surface area contributed by atoms with E-state index in [1.54, 1.807) is 37.3 Å². The van der Waals surface area contributed by atoms with Gasteiger partial charge in [-0.1, -0.05) is 13.8 Å². The quantitative estimate of drug-likeness (QED) is 0.424. The van der Waals surface area contributed by atoms with E-state index < -0.39 is 23.5 Å². The van der Waals surface area contributed by atoms with Gasteiger partial charge in [-0.15, -0.1) is 24.5 Å². The van der Waals surface area contributed by atoms with Crippen molar-refractivity contribution in [3.8, 4) is 0 Å². The van der Waals surface area contributed by atoms with E-state index in [2.05, 4.69) is 24.3 Å². The van der Waals surface area contributed by atoms with Crippen molar-refractivity contribution in [3.63, 3.8) is 0 Å². The number of amides is 1. The molecule has 3 aromatic rings. The fourth-order valence-corrected chi connectivity index (χ4v) is 5.81. The van der Waals surface area contributed by atoms with E-state index in [-0.39, 0.29) is 4.68 Å². The molecule has 10 heteroatoms. The Morgan fingerprint density at radius 2 is 1.89 bits per heavy atom. The second kappa shape index (κ2) is 9.46. The maximum atomic E-state index is 13.0. The molecule has 188 valence electrons. The number of halogens is 3. The van der Waals surface area contributed by atoms with Gasteiger partial charge in [-0.3, -0.25) is 4.79 Å². The van der Waals surface area contributed by atoms with E-state index >= 15 is 0 Å². The molecule has 0 spiro atoms. The Bertz CT molecular complexity index is 1230. The number of carbonyl (C=O) groups is 1. The van der Waals surface area contributed by atoms with Crippen LogP contribution in [-0.2, 0) is 11.9 Å². The van der Waals surface area contributed by atoms with Gasteiger partial charge in [0, 0.05) is 33.0 Å². The van der Waals surface area contributed by atoms with E-state index in [1.807, 2.05) is 0 Å². The number of anilines is 1. The lowest BCUT2D eigenvalue weighted by Crippen LogP contribution is -2.51. The Labute approximate surface area is 206 Å². The molecule has 1 aromatic carbocycles. The summed E-state index contributed by atoms with van der Waals surface area (Å²) in [5, 5.41) is 17.8. The van der Waals surface area contributed by atoms with Gasteiger partial charge in [-0.2, -0.15) is 0 Å². The van der Waals surface area contributed by atoms with Gasteiger partial charge in [0.15, 0.2) is 5.69 Å². The molecule has 2 heterocycles. The van der Waals surface area contributed by atoms with Crippen molar-refractivity contribution in [3.05, 3.63) is 46.7 Å². The Morgan fingerprint density at radius 1 is 1.20 bits per heavy atom. The summed E-state index contributed by atoms with van der Waals surface area (Å²) in [5.41, 5.74) is -0.222. The zero-order chi connectivity index (χ0) is 25.5. The van der Waals surface area contributed by atoms with Crippen molar-refractivity contribution in [1.82, 2.24) is 10.1 Å². The summed E-state index contributed by atoms with van der Waals surface area (Å²) in [6, 6.07) is 5.80. The lowest BCUT2D eigenvalue weighted by atomic mass is 9.77. The van der Waals surface area contributed by atoms with Crippen LogP contribution in [0.15, 0.2) is 30.5 Å². The van der Waals surface area contributed by atoms with Crippen LogP contribution in [0.5, 0.6) is 0 Å². The molecule has 0 radical (unpaired) electrons. The normalized spacial score (nSPS) is 19.3. The van der Waals surface area contributed by atoms with Crippen LogP contribution in [0.25, 0.3) is 10.2 Å². The van der Waals surface area contributed by atoms with Crippen molar-refractivity contribution in [2.24, 2.45) is 11.8 Å². The van der Waals surface area contributed by atoms with Crippen LogP contribution in [-0.4, -0.2) is 21.1 Å². The summed E-state index contributed by atoms with van der Waals surface area (Å²) in [5.74, 6) is 1.01. The number of nitrogens with zero attached hydrogens (tertiary/aromatic N) is 3. The van der Waals surface area contributed by atoms with Crippen molar-refractivity contribution in [1.29, 1.82) is 0 Å². The zero-order valence-electron chi connectivity index (χ0n) is 20.2. The average molecular weight is 508 g/mol. The molecule has 1 aliphatic rings. The third-order valence-corrected chi connectivity index (χ3v) is 7.89. The number of thiazole rings is 1. The fourth-order valence-electron chi connectivity index (χ4n) is 4.66. The van der Waals surface area contributed by atoms with Crippen LogP contribution in [0.3, 0.4) is 0 Å². The zero-order valence-corrected chi connectivity index (χ0v) is 21.0. The highest BCUT2D eigenvalue weighted by molar-refractivity contribution is 7.18. The van der Waals surface area contributed by atoms with Crippen LogP contribution in [0.2, 0.25) is 0 Å². The molecule has 1 amide bonds. The van der Waals surface area contributed by atoms with E-state index in [4.69, 9.17) is 4.98 Å². The summed E-state index contributed by atoms with van der Waals surface area (Å²) < 4.78 is 39.6.